The van der Waals surface area contributed by atoms with Crippen LogP contribution in [0.15, 0.2) is 0 Å². The van der Waals surface area contributed by atoms with Gasteiger partial charge in [0.15, 0.2) is 10.8 Å². The Bertz CT molecular complexity index is 406. The third-order valence-electron chi connectivity index (χ3n) is 2.69. The summed E-state index contributed by atoms with van der Waals surface area (Å²) < 4.78 is 9.87. The summed E-state index contributed by atoms with van der Waals surface area (Å²) in [7, 11) is 3.04. The maximum absolute atomic E-state index is 11.5. The van der Waals surface area contributed by atoms with Crippen LogP contribution >= 0.6 is 11.3 Å². The zero-order valence-corrected chi connectivity index (χ0v) is 12.3. The topological polar surface area (TPSA) is 51.7 Å². The number of aryl methyl sites for hydroxylation is 1. The van der Waals surface area contributed by atoms with E-state index in [9.17, 15) is 4.79 Å². The van der Waals surface area contributed by atoms with E-state index in [1.54, 1.807) is 7.11 Å². The highest BCUT2D eigenvalue weighted by Gasteiger charge is 2.21. The van der Waals surface area contributed by atoms with Crippen molar-refractivity contribution in [1.29, 1.82) is 0 Å². The molecule has 0 N–H and O–H groups in total. The molecule has 102 valence electrons. The SMILES string of the molecule is CCN(c1nc(C(=O)OC)c(C)s1)C(C)COC. The number of carbonyl (C=O) groups excluding carboxylic acids is 1. The Kier molecular flexibility index (Phi) is 5.55. The van der Waals surface area contributed by atoms with Gasteiger partial charge in [0.25, 0.3) is 0 Å². The van der Waals surface area contributed by atoms with E-state index >= 15 is 0 Å². The number of hydrogen-bond donors (Lipinski definition) is 0. The molecule has 0 aliphatic rings. The average Bonchev–Trinajstić information content (AvgIpc) is 2.71. The summed E-state index contributed by atoms with van der Waals surface area (Å²) in [4.78, 5) is 18.9. The van der Waals surface area contributed by atoms with E-state index in [1.165, 1.54) is 18.4 Å². The van der Waals surface area contributed by atoms with E-state index < -0.39 is 0 Å². The average molecular weight is 272 g/mol. The summed E-state index contributed by atoms with van der Waals surface area (Å²) in [5, 5.41) is 0.833. The fraction of sp³-hybridized carbons (Fsp3) is 0.667. The van der Waals surface area contributed by atoms with Crippen molar-refractivity contribution in [3.8, 4) is 0 Å². The Hall–Kier alpha value is -1.14. The van der Waals surface area contributed by atoms with Crippen molar-refractivity contribution in [2.45, 2.75) is 26.8 Å². The highest BCUT2D eigenvalue weighted by molar-refractivity contribution is 7.15. The predicted molar refractivity (Wildman–Crippen MR) is 72.5 cm³/mol. The second kappa shape index (κ2) is 6.70. The van der Waals surface area contributed by atoms with Crippen molar-refractivity contribution in [2.75, 3.05) is 32.3 Å². The van der Waals surface area contributed by atoms with Gasteiger partial charge in [-0.15, -0.1) is 11.3 Å². The molecule has 0 aliphatic carbocycles. The van der Waals surface area contributed by atoms with Gasteiger partial charge in [0.1, 0.15) is 0 Å². The van der Waals surface area contributed by atoms with Crippen LogP contribution in [0, 0.1) is 6.92 Å². The largest absolute Gasteiger partial charge is 0.464 e. The summed E-state index contributed by atoms with van der Waals surface area (Å²) in [5.74, 6) is -0.384. The number of aromatic nitrogens is 1. The van der Waals surface area contributed by atoms with Gasteiger partial charge in [-0.3, -0.25) is 0 Å². The minimum absolute atomic E-state index is 0.219. The molecule has 0 spiro atoms. The lowest BCUT2D eigenvalue weighted by Gasteiger charge is -2.26. The van der Waals surface area contributed by atoms with Gasteiger partial charge in [0, 0.05) is 18.5 Å². The third kappa shape index (κ3) is 3.20. The van der Waals surface area contributed by atoms with Crippen LogP contribution in [0.25, 0.3) is 0 Å². The molecular formula is C12H20N2O3S. The van der Waals surface area contributed by atoms with E-state index in [1.807, 2.05) is 6.92 Å². The van der Waals surface area contributed by atoms with E-state index in [-0.39, 0.29) is 12.0 Å². The summed E-state index contributed by atoms with van der Waals surface area (Å²) >= 11 is 1.50. The second-order valence-corrected chi connectivity index (χ2v) is 5.16. The maximum atomic E-state index is 11.5. The number of anilines is 1. The van der Waals surface area contributed by atoms with E-state index in [0.717, 1.165) is 16.6 Å². The molecule has 1 aromatic heterocycles. The predicted octanol–water partition coefficient (Wildman–Crippen LogP) is 2.10. The number of methoxy groups -OCH3 is 2. The minimum atomic E-state index is -0.384. The molecule has 1 atom stereocenters. The van der Waals surface area contributed by atoms with Gasteiger partial charge in [0.05, 0.1) is 19.8 Å². The van der Waals surface area contributed by atoms with Crippen molar-refractivity contribution in [2.24, 2.45) is 0 Å². The zero-order valence-electron chi connectivity index (χ0n) is 11.5. The molecular weight excluding hydrogens is 252 g/mol. The van der Waals surface area contributed by atoms with Crippen molar-refractivity contribution < 1.29 is 14.3 Å². The van der Waals surface area contributed by atoms with Crippen LogP contribution in [0.1, 0.15) is 29.2 Å². The number of rotatable bonds is 6. The van der Waals surface area contributed by atoms with Crippen LogP contribution in [-0.4, -0.2) is 44.4 Å². The van der Waals surface area contributed by atoms with Gasteiger partial charge in [0.2, 0.25) is 0 Å². The molecule has 0 aliphatic heterocycles. The highest BCUT2D eigenvalue weighted by Crippen LogP contribution is 2.27. The molecule has 1 aromatic rings. The molecule has 18 heavy (non-hydrogen) atoms. The minimum Gasteiger partial charge on any atom is -0.464 e. The number of likely N-dealkylation sites (N-methyl/N-ethyl adjacent to an activating group) is 1. The van der Waals surface area contributed by atoms with Crippen LogP contribution < -0.4 is 4.90 Å². The van der Waals surface area contributed by atoms with E-state index in [2.05, 4.69) is 23.7 Å². The van der Waals surface area contributed by atoms with Crippen molar-refractivity contribution in [3.05, 3.63) is 10.6 Å². The summed E-state index contributed by atoms with van der Waals surface area (Å²) in [6, 6.07) is 0.219. The summed E-state index contributed by atoms with van der Waals surface area (Å²) in [5.41, 5.74) is 0.403. The number of thiazole rings is 1. The van der Waals surface area contributed by atoms with Gasteiger partial charge < -0.3 is 14.4 Å². The molecule has 0 saturated heterocycles. The highest BCUT2D eigenvalue weighted by atomic mass is 32.1. The van der Waals surface area contributed by atoms with Crippen LogP contribution in [0.3, 0.4) is 0 Å². The molecule has 6 heteroatoms. The number of nitrogens with zero attached hydrogens (tertiary/aromatic N) is 2. The molecule has 5 nitrogen and oxygen atoms in total. The molecule has 0 radical (unpaired) electrons. The molecule has 1 rings (SSSR count). The van der Waals surface area contributed by atoms with Gasteiger partial charge in [-0.1, -0.05) is 0 Å². The maximum Gasteiger partial charge on any atom is 0.357 e. The molecule has 0 aromatic carbocycles. The van der Waals surface area contributed by atoms with Crippen LogP contribution in [-0.2, 0) is 9.47 Å². The quantitative estimate of drug-likeness (QED) is 0.742. The Labute approximate surface area is 112 Å². The second-order valence-electron chi connectivity index (χ2n) is 3.98. The Morgan fingerprint density at radius 2 is 2.17 bits per heavy atom. The van der Waals surface area contributed by atoms with Crippen LogP contribution in [0.2, 0.25) is 0 Å². The number of ether oxygens (including phenoxy) is 2. The summed E-state index contributed by atoms with van der Waals surface area (Å²) in [6.45, 7) is 7.45. The summed E-state index contributed by atoms with van der Waals surface area (Å²) in [6.07, 6.45) is 0. The van der Waals surface area contributed by atoms with Gasteiger partial charge in [-0.2, -0.15) is 0 Å². The molecule has 0 amide bonds. The zero-order chi connectivity index (χ0) is 13.7. The van der Waals surface area contributed by atoms with Crippen molar-refractivity contribution in [3.63, 3.8) is 0 Å². The van der Waals surface area contributed by atoms with E-state index in [0.29, 0.717) is 12.3 Å². The molecule has 1 heterocycles. The fourth-order valence-electron chi connectivity index (χ4n) is 1.76. The lowest BCUT2D eigenvalue weighted by molar-refractivity contribution is 0.0594. The van der Waals surface area contributed by atoms with Gasteiger partial charge in [-0.25, -0.2) is 9.78 Å². The monoisotopic (exact) mass is 272 g/mol. The first-order valence-electron chi connectivity index (χ1n) is 5.86. The smallest absolute Gasteiger partial charge is 0.357 e. The molecule has 0 bridgehead atoms. The van der Waals surface area contributed by atoms with E-state index in [4.69, 9.17) is 9.47 Å². The first-order chi connectivity index (χ1) is 8.54. The van der Waals surface area contributed by atoms with Crippen molar-refractivity contribution in [1.82, 2.24) is 4.98 Å². The van der Waals surface area contributed by atoms with Gasteiger partial charge in [-0.05, 0) is 20.8 Å². The Morgan fingerprint density at radius 1 is 1.50 bits per heavy atom. The lowest BCUT2D eigenvalue weighted by atomic mass is 10.3. The first-order valence-corrected chi connectivity index (χ1v) is 6.68. The standard InChI is InChI=1S/C12H20N2O3S/c1-6-14(8(2)7-16-4)12-13-10(9(3)18-12)11(15)17-5/h8H,6-7H2,1-5H3. The molecule has 0 saturated carbocycles. The Balaban J connectivity index is 2.97. The van der Waals surface area contributed by atoms with Crippen LogP contribution in [0.4, 0.5) is 5.13 Å². The van der Waals surface area contributed by atoms with Gasteiger partial charge >= 0.3 is 5.97 Å². The fourth-order valence-corrected chi connectivity index (χ4v) is 2.82. The number of hydrogen-bond acceptors (Lipinski definition) is 6. The first kappa shape index (κ1) is 14.9. The number of carbonyl (C=O) groups is 1. The van der Waals surface area contributed by atoms with Crippen molar-refractivity contribution >= 4 is 22.4 Å². The third-order valence-corrected chi connectivity index (χ3v) is 3.70. The Morgan fingerprint density at radius 3 is 2.67 bits per heavy atom. The normalized spacial score (nSPS) is 12.3. The van der Waals surface area contributed by atoms with Crippen LogP contribution in [0.5, 0.6) is 0 Å². The lowest BCUT2D eigenvalue weighted by Crippen LogP contribution is -2.36. The number of esters is 1. The molecule has 1 unspecified atom stereocenters. The molecule has 0 fully saturated rings.